The van der Waals surface area contributed by atoms with Crippen LogP contribution in [0.15, 0.2) is 11.0 Å². The first-order valence-corrected chi connectivity index (χ1v) is 6.41. The predicted octanol–water partition coefficient (Wildman–Crippen LogP) is 0.344. The number of imidazole rings is 1. The van der Waals surface area contributed by atoms with Gasteiger partial charge in [0.25, 0.3) is 5.91 Å². The summed E-state index contributed by atoms with van der Waals surface area (Å²) in [6.45, 7) is 2.15. The lowest BCUT2D eigenvalue weighted by atomic mass is 10.3. The number of rotatable bonds is 4. The van der Waals surface area contributed by atoms with Gasteiger partial charge in [-0.3, -0.25) is 4.79 Å². The molecule has 6 heteroatoms. The molecule has 1 aromatic heterocycles. The Hall–Kier alpha value is -1.56. The van der Waals surface area contributed by atoms with E-state index >= 15 is 0 Å². The molecule has 1 aliphatic carbocycles. The molecule has 2 aliphatic rings. The van der Waals surface area contributed by atoms with E-state index in [9.17, 15) is 9.59 Å². The Balaban J connectivity index is 1.54. The first-order valence-electron chi connectivity index (χ1n) is 6.41. The number of hydrogen-bond donors (Lipinski definition) is 2. The first kappa shape index (κ1) is 11.5. The van der Waals surface area contributed by atoms with Crippen molar-refractivity contribution in [2.75, 3.05) is 19.7 Å². The maximum absolute atomic E-state index is 12.0. The lowest BCUT2D eigenvalue weighted by Gasteiger charge is -2.15. The fourth-order valence-corrected chi connectivity index (χ4v) is 2.22. The summed E-state index contributed by atoms with van der Waals surface area (Å²) in [7, 11) is 0. The molecule has 1 amide bonds. The monoisotopic (exact) mass is 251 g/mol. The van der Waals surface area contributed by atoms with Gasteiger partial charge in [0.15, 0.2) is 0 Å². The summed E-state index contributed by atoms with van der Waals surface area (Å²) in [4.78, 5) is 29.6. The van der Waals surface area contributed by atoms with Crippen molar-refractivity contribution in [3.63, 3.8) is 0 Å². The minimum atomic E-state index is -0.348. The van der Waals surface area contributed by atoms with E-state index in [2.05, 4.69) is 9.97 Å². The standard InChI is InChI=1S/C12H17N3O3/c16-11(10-5-13-12(17)14-10)15-4-3-9(6-15)18-7-8-1-2-8/h5,8-9H,1-4,6-7H2,(H2,13,14,17)/t9-/m1/s1. The van der Waals surface area contributed by atoms with Gasteiger partial charge in [-0.25, -0.2) is 4.79 Å². The van der Waals surface area contributed by atoms with Gasteiger partial charge >= 0.3 is 5.69 Å². The summed E-state index contributed by atoms with van der Waals surface area (Å²) in [6.07, 6.45) is 5.01. The van der Waals surface area contributed by atoms with Crippen LogP contribution in [-0.2, 0) is 4.74 Å². The highest BCUT2D eigenvalue weighted by Gasteiger charge is 2.30. The highest BCUT2D eigenvalue weighted by Crippen LogP contribution is 2.30. The van der Waals surface area contributed by atoms with Gasteiger partial charge in [-0.15, -0.1) is 0 Å². The molecule has 3 rings (SSSR count). The largest absolute Gasteiger partial charge is 0.376 e. The van der Waals surface area contributed by atoms with Gasteiger partial charge in [0.2, 0.25) is 0 Å². The van der Waals surface area contributed by atoms with Crippen LogP contribution >= 0.6 is 0 Å². The molecule has 0 radical (unpaired) electrons. The fourth-order valence-electron chi connectivity index (χ4n) is 2.22. The molecule has 0 unspecified atom stereocenters. The van der Waals surface area contributed by atoms with Crippen molar-refractivity contribution >= 4 is 5.91 Å². The number of carbonyl (C=O) groups excluding carboxylic acids is 1. The summed E-state index contributed by atoms with van der Waals surface area (Å²) < 4.78 is 5.77. The zero-order chi connectivity index (χ0) is 12.5. The molecular formula is C12H17N3O3. The Labute approximate surface area is 104 Å². The Morgan fingerprint density at radius 3 is 2.94 bits per heavy atom. The molecule has 0 spiro atoms. The molecule has 2 fully saturated rings. The third kappa shape index (κ3) is 2.48. The van der Waals surface area contributed by atoms with Gasteiger partial charge in [-0.1, -0.05) is 0 Å². The van der Waals surface area contributed by atoms with Gasteiger partial charge in [0.05, 0.1) is 6.10 Å². The van der Waals surface area contributed by atoms with E-state index in [-0.39, 0.29) is 17.7 Å². The third-order valence-corrected chi connectivity index (χ3v) is 3.52. The molecule has 18 heavy (non-hydrogen) atoms. The number of ether oxygens (including phenoxy) is 1. The fraction of sp³-hybridized carbons (Fsp3) is 0.667. The number of nitrogens with one attached hydrogen (secondary N) is 2. The average molecular weight is 251 g/mol. The van der Waals surface area contributed by atoms with E-state index in [0.717, 1.165) is 18.9 Å². The van der Waals surface area contributed by atoms with Crippen LogP contribution < -0.4 is 5.69 Å². The van der Waals surface area contributed by atoms with E-state index in [1.54, 1.807) is 4.90 Å². The Morgan fingerprint density at radius 1 is 1.44 bits per heavy atom. The zero-order valence-electron chi connectivity index (χ0n) is 10.1. The molecule has 0 bridgehead atoms. The van der Waals surface area contributed by atoms with Crippen LogP contribution in [0, 0.1) is 5.92 Å². The summed E-state index contributed by atoms with van der Waals surface area (Å²) in [5, 5.41) is 0. The van der Waals surface area contributed by atoms with E-state index in [4.69, 9.17) is 4.74 Å². The molecule has 1 aromatic rings. The highest BCUT2D eigenvalue weighted by atomic mass is 16.5. The quantitative estimate of drug-likeness (QED) is 0.810. The second-order valence-electron chi connectivity index (χ2n) is 5.10. The van der Waals surface area contributed by atoms with Crippen LogP contribution in [0.25, 0.3) is 0 Å². The van der Waals surface area contributed by atoms with Crippen LogP contribution in [-0.4, -0.2) is 46.6 Å². The van der Waals surface area contributed by atoms with Crippen molar-refractivity contribution in [3.05, 3.63) is 22.4 Å². The van der Waals surface area contributed by atoms with Crippen LogP contribution in [0.4, 0.5) is 0 Å². The van der Waals surface area contributed by atoms with Crippen molar-refractivity contribution in [1.29, 1.82) is 0 Å². The average Bonchev–Trinajstić information content (AvgIpc) is 2.90. The molecule has 2 N–H and O–H groups in total. The number of aromatic amines is 2. The van der Waals surface area contributed by atoms with Gasteiger partial charge in [-0.05, 0) is 25.2 Å². The van der Waals surface area contributed by atoms with Gasteiger partial charge < -0.3 is 19.6 Å². The number of H-pyrrole nitrogens is 2. The molecule has 2 heterocycles. The maximum Gasteiger partial charge on any atom is 0.323 e. The maximum atomic E-state index is 12.0. The number of likely N-dealkylation sites (tertiary alicyclic amines) is 1. The van der Waals surface area contributed by atoms with Crippen LogP contribution in [0.2, 0.25) is 0 Å². The summed E-state index contributed by atoms with van der Waals surface area (Å²) >= 11 is 0. The van der Waals surface area contributed by atoms with E-state index in [0.29, 0.717) is 18.8 Å². The Bertz CT molecular complexity index is 489. The molecule has 1 aliphatic heterocycles. The Morgan fingerprint density at radius 2 is 2.28 bits per heavy atom. The number of carbonyl (C=O) groups is 1. The van der Waals surface area contributed by atoms with E-state index in [1.807, 2.05) is 0 Å². The van der Waals surface area contributed by atoms with Crippen LogP contribution in [0.5, 0.6) is 0 Å². The second-order valence-corrected chi connectivity index (χ2v) is 5.10. The minimum Gasteiger partial charge on any atom is -0.376 e. The minimum absolute atomic E-state index is 0.133. The van der Waals surface area contributed by atoms with Crippen molar-refractivity contribution in [2.45, 2.75) is 25.4 Å². The molecule has 1 saturated heterocycles. The van der Waals surface area contributed by atoms with Crippen LogP contribution in [0.1, 0.15) is 29.8 Å². The number of amides is 1. The van der Waals surface area contributed by atoms with Gasteiger partial charge in [0.1, 0.15) is 5.69 Å². The molecule has 1 saturated carbocycles. The predicted molar refractivity (Wildman–Crippen MR) is 64.4 cm³/mol. The highest BCUT2D eigenvalue weighted by molar-refractivity contribution is 5.92. The lowest BCUT2D eigenvalue weighted by molar-refractivity contribution is 0.0479. The summed E-state index contributed by atoms with van der Waals surface area (Å²) in [5.74, 6) is 0.613. The molecule has 98 valence electrons. The summed E-state index contributed by atoms with van der Waals surface area (Å²) in [6, 6.07) is 0. The van der Waals surface area contributed by atoms with Crippen LogP contribution in [0.3, 0.4) is 0 Å². The van der Waals surface area contributed by atoms with E-state index < -0.39 is 0 Å². The smallest absolute Gasteiger partial charge is 0.323 e. The third-order valence-electron chi connectivity index (χ3n) is 3.52. The summed E-state index contributed by atoms with van der Waals surface area (Å²) in [5.41, 5.74) is -0.0260. The SMILES string of the molecule is O=C(c1c[nH]c(=O)[nH]1)N1CC[C@@H](OCC2CC2)C1. The van der Waals surface area contributed by atoms with Crippen molar-refractivity contribution in [2.24, 2.45) is 5.92 Å². The second kappa shape index (κ2) is 4.61. The molecule has 0 aromatic carbocycles. The number of hydrogen-bond acceptors (Lipinski definition) is 3. The van der Waals surface area contributed by atoms with Gasteiger partial charge in [0, 0.05) is 25.9 Å². The Kier molecular flexibility index (Phi) is 2.95. The number of nitrogens with zero attached hydrogens (tertiary/aromatic N) is 1. The molecular weight excluding hydrogens is 234 g/mol. The van der Waals surface area contributed by atoms with Crippen molar-refractivity contribution < 1.29 is 9.53 Å². The van der Waals surface area contributed by atoms with Gasteiger partial charge in [-0.2, -0.15) is 0 Å². The number of aromatic nitrogens is 2. The topological polar surface area (TPSA) is 78.2 Å². The van der Waals surface area contributed by atoms with Crippen molar-refractivity contribution in [3.8, 4) is 0 Å². The lowest BCUT2D eigenvalue weighted by Crippen LogP contribution is -2.30. The first-order chi connectivity index (χ1) is 8.72. The molecule has 6 nitrogen and oxygen atoms in total. The normalized spacial score (nSPS) is 23.6. The van der Waals surface area contributed by atoms with E-state index in [1.165, 1.54) is 19.0 Å². The van der Waals surface area contributed by atoms with Crippen molar-refractivity contribution in [1.82, 2.24) is 14.9 Å². The molecule has 1 atom stereocenters. The zero-order valence-corrected chi connectivity index (χ0v) is 10.1.